The van der Waals surface area contributed by atoms with Crippen molar-refractivity contribution in [3.8, 4) is 5.75 Å². The Labute approximate surface area is 173 Å². The molecular weight excluding hydrogens is 418 g/mol. The van der Waals surface area contributed by atoms with Gasteiger partial charge in [-0.15, -0.1) is 0 Å². The molecule has 4 nitrogen and oxygen atoms in total. The Morgan fingerprint density at radius 1 is 1.21 bits per heavy atom. The van der Waals surface area contributed by atoms with Gasteiger partial charge in [0.15, 0.2) is 0 Å². The van der Waals surface area contributed by atoms with Crippen molar-refractivity contribution >= 4 is 39.4 Å². The molecule has 0 saturated carbocycles. The zero-order valence-corrected chi connectivity index (χ0v) is 17.7. The second-order valence-corrected chi connectivity index (χ2v) is 7.53. The minimum absolute atomic E-state index is 0.273. The zero-order valence-electron chi connectivity index (χ0n) is 16.2. The van der Waals surface area contributed by atoms with E-state index in [9.17, 15) is 9.59 Å². The number of carbonyl (C=O) groups is 2. The number of hydrogen-bond acceptors (Lipinski definition) is 3. The third-order valence-electron chi connectivity index (χ3n) is 4.89. The summed E-state index contributed by atoms with van der Waals surface area (Å²) < 4.78 is 6.22. The van der Waals surface area contributed by atoms with Crippen LogP contribution in [-0.2, 0) is 9.59 Å². The first-order chi connectivity index (χ1) is 13.4. The van der Waals surface area contributed by atoms with Gasteiger partial charge in [-0.2, -0.15) is 0 Å². The molecule has 2 aromatic rings. The molecule has 0 aliphatic carbocycles. The number of hydrogen-bond donors (Lipinski definition) is 0. The van der Waals surface area contributed by atoms with Gasteiger partial charge in [-0.3, -0.25) is 14.5 Å². The van der Waals surface area contributed by atoms with E-state index >= 15 is 0 Å². The number of rotatable bonds is 4. The highest BCUT2D eigenvalue weighted by Crippen LogP contribution is 2.29. The molecule has 0 fully saturated rings. The van der Waals surface area contributed by atoms with E-state index in [4.69, 9.17) is 4.74 Å². The van der Waals surface area contributed by atoms with Gasteiger partial charge < -0.3 is 4.74 Å². The van der Waals surface area contributed by atoms with Crippen LogP contribution in [-0.4, -0.2) is 30.4 Å². The quantitative estimate of drug-likeness (QED) is 0.634. The highest BCUT2D eigenvalue weighted by atomic mass is 79.9. The third kappa shape index (κ3) is 4.09. The van der Waals surface area contributed by atoms with Gasteiger partial charge in [0.05, 0.1) is 7.11 Å². The Balaban J connectivity index is 1.81. The number of imide groups is 1. The van der Waals surface area contributed by atoms with Crippen LogP contribution >= 0.6 is 15.9 Å². The van der Waals surface area contributed by atoms with Crippen molar-refractivity contribution in [3.05, 3.63) is 75.3 Å². The van der Waals surface area contributed by atoms with Crippen LogP contribution < -0.4 is 4.74 Å². The first-order valence-electron chi connectivity index (χ1n) is 9.06. The van der Waals surface area contributed by atoms with Gasteiger partial charge in [-0.25, -0.2) is 0 Å². The van der Waals surface area contributed by atoms with Gasteiger partial charge in [0.1, 0.15) is 5.75 Å². The van der Waals surface area contributed by atoms with Gasteiger partial charge >= 0.3 is 0 Å². The predicted molar refractivity (Wildman–Crippen MR) is 115 cm³/mol. The summed E-state index contributed by atoms with van der Waals surface area (Å²) in [6.45, 7) is 4.38. The summed E-state index contributed by atoms with van der Waals surface area (Å²) in [5, 5.41) is 0. The fraction of sp³-hybridized carbons (Fsp3) is 0.217. The molecule has 0 spiro atoms. The van der Waals surface area contributed by atoms with Crippen LogP contribution in [0.25, 0.3) is 11.6 Å². The minimum atomic E-state index is -0.320. The maximum atomic E-state index is 12.9. The predicted octanol–water partition coefficient (Wildman–Crippen LogP) is 4.93. The number of halogens is 1. The lowest BCUT2D eigenvalue weighted by molar-refractivity contribution is -0.138. The monoisotopic (exact) mass is 439 g/mol. The molecule has 0 atom stereocenters. The lowest BCUT2D eigenvalue weighted by Crippen LogP contribution is -2.39. The molecule has 0 N–H and O–H groups in total. The molecule has 2 amide bonds. The topological polar surface area (TPSA) is 46.6 Å². The second kappa shape index (κ2) is 8.57. The Kier molecular flexibility index (Phi) is 6.15. The van der Waals surface area contributed by atoms with E-state index in [0.29, 0.717) is 18.5 Å². The van der Waals surface area contributed by atoms with Gasteiger partial charge in [0.2, 0.25) is 0 Å². The van der Waals surface area contributed by atoms with Crippen molar-refractivity contribution in [1.29, 1.82) is 0 Å². The van der Waals surface area contributed by atoms with Crippen LogP contribution in [0.5, 0.6) is 5.75 Å². The number of ether oxygens (including phenoxy) is 1. The number of methoxy groups -OCH3 is 1. The minimum Gasteiger partial charge on any atom is -0.496 e. The molecule has 1 heterocycles. The van der Waals surface area contributed by atoms with Crippen molar-refractivity contribution in [2.24, 2.45) is 0 Å². The molecule has 1 aliphatic rings. The molecule has 0 radical (unpaired) electrons. The Morgan fingerprint density at radius 3 is 2.68 bits per heavy atom. The zero-order chi connectivity index (χ0) is 20.3. The van der Waals surface area contributed by atoms with Gasteiger partial charge in [-0.05, 0) is 55.2 Å². The summed E-state index contributed by atoms with van der Waals surface area (Å²) in [5.74, 6) is 0.186. The van der Waals surface area contributed by atoms with E-state index < -0.39 is 0 Å². The first-order valence-corrected chi connectivity index (χ1v) is 9.86. The number of benzene rings is 2. The van der Waals surface area contributed by atoms with Crippen molar-refractivity contribution < 1.29 is 14.3 Å². The fourth-order valence-electron chi connectivity index (χ4n) is 3.21. The van der Waals surface area contributed by atoms with E-state index in [1.54, 1.807) is 13.2 Å². The van der Waals surface area contributed by atoms with Crippen LogP contribution in [0.1, 0.15) is 28.7 Å². The molecule has 1 aliphatic heterocycles. The Morgan fingerprint density at radius 2 is 1.96 bits per heavy atom. The summed E-state index contributed by atoms with van der Waals surface area (Å²) in [4.78, 5) is 26.9. The van der Waals surface area contributed by atoms with Gasteiger partial charge in [-0.1, -0.05) is 46.3 Å². The largest absolute Gasteiger partial charge is 0.496 e. The number of amides is 2. The molecule has 0 bridgehead atoms. The molecular formula is C23H22BrNO3. The van der Waals surface area contributed by atoms with E-state index in [1.807, 2.05) is 56.3 Å². The van der Waals surface area contributed by atoms with Gasteiger partial charge in [0, 0.05) is 28.2 Å². The normalized spacial score (nSPS) is 14.4. The SMILES string of the molecule is COc1cc(/C=C/C(=O)N2CCC=C(c3ccccc3Br)C2=O)cc(C)c1C. The Hall–Kier alpha value is -2.66. The van der Waals surface area contributed by atoms with Crippen molar-refractivity contribution in [2.75, 3.05) is 13.7 Å². The smallest absolute Gasteiger partial charge is 0.261 e. The summed E-state index contributed by atoms with van der Waals surface area (Å²) in [7, 11) is 1.63. The summed E-state index contributed by atoms with van der Waals surface area (Å²) in [6.07, 6.45) is 5.70. The van der Waals surface area contributed by atoms with E-state index in [2.05, 4.69) is 15.9 Å². The van der Waals surface area contributed by atoms with Gasteiger partial charge in [0.25, 0.3) is 11.8 Å². The van der Waals surface area contributed by atoms with Crippen LogP contribution in [0.4, 0.5) is 0 Å². The van der Waals surface area contributed by atoms with Crippen molar-refractivity contribution in [1.82, 2.24) is 4.90 Å². The molecule has 3 rings (SSSR count). The molecule has 0 unspecified atom stereocenters. The standard InChI is InChI=1S/C23H22BrNO3/c1-15-13-17(14-21(28-3)16(15)2)10-11-22(26)25-12-6-8-19(23(25)27)18-7-4-5-9-20(18)24/h4-5,7-11,13-14H,6,12H2,1-3H3/b11-10+. The molecule has 2 aromatic carbocycles. The molecule has 0 aromatic heterocycles. The molecule has 0 saturated heterocycles. The fourth-order valence-corrected chi connectivity index (χ4v) is 3.71. The average molecular weight is 440 g/mol. The molecule has 5 heteroatoms. The number of aryl methyl sites for hydroxylation is 1. The van der Waals surface area contributed by atoms with E-state index in [-0.39, 0.29) is 11.8 Å². The number of carbonyl (C=O) groups excluding carboxylic acids is 2. The molecule has 28 heavy (non-hydrogen) atoms. The highest BCUT2D eigenvalue weighted by molar-refractivity contribution is 9.10. The van der Waals surface area contributed by atoms with E-state index in [0.717, 1.165) is 32.5 Å². The first kappa shape index (κ1) is 20.1. The summed E-state index contributed by atoms with van der Waals surface area (Å²) in [5.41, 5.74) is 4.36. The second-order valence-electron chi connectivity index (χ2n) is 6.68. The van der Waals surface area contributed by atoms with Crippen LogP contribution in [0, 0.1) is 13.8 Å². The maximum absolute atomic E-state index is 12.9. The lowest BCUT2D eigenvalue weighted by Gasteiger charge is -2.25. The maximum Gasteiger partial charge on any atom is 0.261 e. The van der Waals surface area contributed by atoms with Crippen LogP contribution in [0.2, 0.25) is 0 Å². The average Bonchev–Trinajstić information content (AvgIpc) is 2.69. The lowest BCUT2D eigenvalue weighted by atomic mass is 10.00. The van der Waals surface area contributed by atoms with E-state index in [1.165, 1.54) is 11.0 Å². The van der Waals surface area contributed by atoms with Crippen molar-refractivity contribution in [2.45, 2.75) is 20.3 Å². The van der Waals surface area contributed by atoms with Crippen LogP contribution in [0.3, 0.4) is 0 Å². The van der Waals surface area contributed by atoms with Crippen LogP contribution in [0.15, 0.2) is 53.0 Å². The molecule has 144 valence electrons. The van der Waals surface area contributed by atoms with Crippen molar-refractivity contribution in [3.63, 3.8) is 0 Å². The number of nitrogens with zero attached hydrogens (tertiary/aromatic N) is 1. The summed E-state index contributed by atoms with van der Waals surface area (Å²) >= 11 is 3.48. The highest BCUT2D eigenvalue weighted by Gasteiger charge is 2.27. The summed E-state index contributed by atoms with van der Waals surface area (Å²) in [6, 6.07) is 11.4. The Bertz CT molecular complexity index is 991. The third-order valence-corrected chi connectivity index (χ3v) is 5.58.